The molecular weight excluding hydrogens is 318 g/mol. The molecule has 92 valence electrons. The van der Waals surface area contributed by atoms with Crippen LogP contribution >= 0.6 is 28.1 Å². The minimum Gasteiger partial charge on any atom is -0.494 e. The zero-order chi connectivity index (χ0) is 13.1. The van der Waals surface area contributed by atoms with Crippen molar-refractivity contribution in [3.8, 4) is 5.88 Å². The Morgan fingerprint density at radius 1 is 1.33 bits per heavy atom. The van der Waals surface area contributed by atoms with Gasteiger partial charge < -0.3 is 10.1 Å². The normalized spacial score (nSPS) is 10.9. The first-order valence-electron chi connectivity index (χ1n) is 4.92. The second-order valence-corrected chi connectivity index (χ2v) is 4.64. The van der Waals surface area contributed by atoms with Crippen LogP contribution in [0.1, 0.15) is 5.56 Å². The fourth-order valence-corrected chi connectivity index (χ4v) is 1.87. The van der Waals surface area contributed by atoms with Gasteiger partial charge in [-0.2, -0.15) is 0 Å². The Balaban J connectivity index is 2.45. The number of aromatic amines is 2. The number of aromatic nitrogens is 2. The monoisotopic (exact) mass is 325 g/mol. The highest BCUT2D eigenvalue weighted by atomic mass is 79.9. The van der Waals surface area contributed by atoms with E-state index in [0.717, 1.165) is 4.47 Å². The molecule has 0 spiro atoms. The number of nitrogens with zero attached hydrogens (tertiary/aromatic N) is 1. The maximum absolute atomic E-state index is 11.6. The summed E-state index contributed by atoms with van der Waals surface area (Å²) in [6, 6.07) is 7.28. The first-order chi connectivity index (χ1) is 8.58. The van der Waals surface area contributed by atoms with Gasteiger partial charge in [-0.15, -0.1) is 0 Å². The molecule has 2 aromatic rings. The number of benzene rings is 1. The van der Waals surface area contributed by atoms with Crippen LogP contribution in [-0.4, -0.2) is 21.3 Å². The Morgan fingerprint density at radius 2 is 2.06 bits per heavy atom. The van der Waals surface area contributed by atoms with Crippen molar-refractivity contribution >= 4 is 40.0 Å². The van der Waals surface area contributed by atoms with Crippen LogP contribution in [0.5, 0.6) is 5.88 Å². The van der Waals surface area contributed by atoms with E-state index >= 15 is 0 Å². The fraction of sp³-hybridized carbons (Fsp3) is 0. The van der Waals surface area contributed by atoms with Crippen LogP contribution in [-0.2, 0) is 0 Å². The van der Waals surface area contributed by atoms with Gasteiger partial charge in [-0.3, -0.25) is 14.8 Å². The summed E-state index contributed by atoms with van der Waals surface area (Å²) in [6.45, 7) is 0. The number of halogens is 1. The highest BCUT2D eigenvalue weighted by Gasteiger charge is 2.04. The van der Waals surface area contributed by atoms with Crippen LogP contribution in [0, 0.1) is 4.77 Å². The number of hydrogen-bond acceptors (Lipinski definition) is 4. The van der Waals surface area contributed by atoms with Gasteiger partial charge >= 0.3 is 0 Å². The van der Waals surface area contributed by atoms with Gasteiger partial charge in [0.25, 0.3) is 5.56 Å². The number of hydrogen-bond donors (Lipinski definition) is 3. The van der Waals surface area contributed by atoms with Gasteiger partial charge in [-0.1, -0.05) is 12.1 Å². The maximum Gasteiger partial charge on any atom is 0.264 e. The van der Waals surface area contributed by atoms with Gasteiger partial charge in [0.05, 0.1) is 5.69 Å². The average molecular weight is 326 g/mol. The van der Waals surface area contributed by atoms with E-state index in [1.54, 1.807) is 6.07 Å². The molecule has 0 fully saturated rings. The molecule has 3 N–H and O–H groups in total. The van der Waals surface area contributed by atoms with E-state index in [2.05, 4.69) is 30.9 Å². The van der Waals surface area contributed by atoms with Crippen molar-refractivity contribution in [2.75, 3.05) is 0 Å². The van der Waals surface area contributed by atoms with E-state index in [-0.39, 0.29) is 16.2 Å². The quantitative estimate of drug-likeness (QED) is 0.586. The minimum atomic E-state index is -0.493. The van der Waals surface area contributed by atoms with Crippen molar-refractivity contribution in [3.63, 3.8) is 0 Å². The Kier molecular flexibility index (Phi) is 3.73. The number of H-pyrrole nitrogens is 2. The van der Waals surface area contributed by atoms with Gasteiger partial charge in [0.2, 0.25) is 5.88 Å². The molecule has 1 heterocycles. The van der Waals surface area contributed by atoms with Crippen molar-refractivity contribution in [3.05, 3.63) is 49.4 Å². The van der Waals surface area contributed by atoms with Crippen LogP contribution < -0.4 is 5.56 Å². The molecule has 1 aromatic carbocycles. The first kappa shape index (κ1) is 12.7. The molecule has 2 rings (SSSR count). The number of rotatable bonds is 2. The maximum atomic E-state index is 11.6. The van der Waals surface area contributed by atoms with Gasteiger partial charge in [-0.25, -0.2) is 0 Å². The highest BCUT2D eigenvalue weighted by Crippen LogP contribution is 2.24. The summed E-state index contributed by atoms with van der Waals surface area (Å²) in [4.78, 5) is 20.5. The van der Waals surface area contributed by atoms with Crippen molar-refractivity contribution in [1.29, 1.82) is 0 Å². The summed E-state index contributed by atoms with van der Waals surface area (Å²) in [6.07, 6.45) is 1.28. The smallest absolute Gasteiger partial charge is 0.264 e. The Labute approximate surface area is 115 Å². The van der Waals surface area contributed by atoms with Crippen molar-refractivity contribution in [2.24, 2.45) is 4.99 Å². The number of aromatic hydroxyl groups is 1. The van der Waals surface area contributed by atoms with Crippen LogP contribution in [0.2, 0.25) is 0 Å². The lowest BCUT2D eigenvalue weighted by Gasteiger charge is -1.98. The molecule has 1 aromatic heterocycles. The predicted molar refractivity (Wildman–Crippen MR) is 75.3 cm³/mol. The first-order valence-corrected chi connectivity index (χ1v) is 6.12. The van der Waals surface area contributed by atoms with Gasteiger partial charge in [0, 0.05) is 10.7 Å². The molecular formula is C11H8BrN3O2S. The molecule has 0 aliphatic heterocycles. The largest absolute Gasteiger partial charge is 0.494 e. The van der Waals surface area contributed by atoms with E-state index in [1.165, 1.54) is 6.21 Å². The Bertz CT molecular complexity index is 721. The van der Waals surface area contributed by atoms with E-state index < -0.39 is 5.56 Å². The summed E-state index contributed by atoms with van der Waals surface area (Å²) < 4.78 is 0.858. The second-order valence-electron chi connectivity index (χ2n) is 3.38. The van der Waals surface area contributed by atoms with Crippen LogP contribution in [0.4, 0.5) is 5.69 Å². The lowest BCUT2D eigenvalue weighted by molar-refractivity contribution is 0.449. The third-order valence-corrected chi connectivity index (χ3v) is 3.02. The Morgan fingerprint density at radius 3 is 2.72 bits per heavy atom. The summed E-state index contributed by atoms with van der Waals surface area (Å²) >= 11 is 8.05. The predicted octanol–water partition coefficient (Wildman–Crippen LogP) is 2.65. The summed E-state index contributed by atoms with van der Waals surface area (Å²) in [5, 5.41) is 9.57. The lowest BCUT2D eigenvalue weighted by Crippen LogP contribution is -2.13. The molecule has 0 atom stereocenters. The third-order valence-electron chi connectivity index (χ3n) is 2.14. The second kappa shape index (κ2) is 5.28. The third kappa shape index (κ3) is 2.74. The van der Waals surface area contributed by atoms with E-state index in [0.29, 0.717) is 5.69 Å². The lowest BCUT2D eigenvalue weighted by atomic mass is 10.3. The summed E-state index contributed by atoms with van der Waals surface area (Å²) in [5.74, 6) is -0.306. The number of nitrogens with one attached hydrogen (secondary N) is 2. The molecule has 0 amide bonds. The van der Waals surface area contributed by atoms with E-state index in [1.807, 2.05) is 18.2 Å². The van der Waals surface area contributed by atoms with Crippen LogP contribution in [0.25, 0.3) is 0 Å². The standard InChI is InChI=1S/C11H8BrN3O2S/c12-7-3-1-2-4-8(7)13-5-6-9(16)14-11(18)15-10(6)17/h1-5H,(H3,14,15,16,17,18). The van der Waals surface area contributed by atoms with Gasteiger partial charge in [-0.05, 0) is 40.3 Å². The van der Waals surface area contributed by atoms with Gasteiger partial charge in [0.1, 0.15) is 5.56 Å². The molecule has 7 heteroatoms. The number of para-hydroxylation sites is 1. The molecule has 0 aliphatic rings. The Hall–Kier alpha value is -1.73. The molecule has 0 bridgehead atoms. The fourth-order valence-electron chi connectivity index (χ4n) is 1.29. The van der Waals surface area contributed by atoms with Crippen molar-refractivity contribution in [2.45, 2.75) is 0 Å². The summed E-state index contributed by atoms with van der Waals surface area (Å²) in [7, 11) is 0. The summed E-state index contributed by atoms with van der Waals surface area (Å²) in [5.41, 5.74) is 0.185. The van der Waals surface area contributed by atoms with Crippen LogP contribution in [0.15, 0.2) is 38.5 Å². The number of aliphatic imine (C=N–C) groups is 1. The topological polar surface area (TPSA) is 81.2 Å². The molecule has 18 heavy (non-hydrogen) atoms. The van der Waals surface area contributed by atoms with Crippen molar-refractivity contribution in [1.82, 2.24) is 9.97 Å². The molecule has 0 radical (unpaired) electrons. The minimum absolute atomic E-state index is 0.0272. The molecule has 5 nitrogen and oxygen atoms in total. The highest BCUT2D eigenvalue weighted by molar-refractivity contribution is 9.10. The SMILES string of the molecule is O=c1[nH]c(=S)[nH]c(O)c1C=Nc1ccccc1Br. The molecule has 0 aliphatic carbocycles. The van der Waals surface area contributed by atoms with Crippen molar-refractivity contribution < 1.29 is 5.11 Å². The zero-order valence-electron chi connectivity index (χ0n) is 8.98. The van der Waals surface area contributed by atoms with Crippen LogP contribution in [0.3, 0.4) is 0 Å². The zero-order valence-corrected chi connectivity index (χ0v) is 11.4. The van der Waals surface area contributed by atoms with E-state index in [9.17, 15) is 9.90 Å². The molecule has 0 saturated carbocycles. The average Bonchev–Trinajstić information content (AvgIpc) is 2.30. The van der Waals surface area contributed by atoms with Gasteiger partial charge in [0.15, 0.2) is 4.77 Å². The van der Waals surface area contributed by atoms with E-state index in [4.69, 9.17) is 12.2 Å². The molecule has 0 saturated heterocycles. The molecule has 0 unspecified atom stereocenters.